The number of rotatable bonds is 4. The lowest BCUT2D eigenvalue weighted by molar-refractivity contribution is -0.120. The molecule has 4 rings (SSSR count). The minimum Gasteiger partial charge on any atom is -0.368 e. The predicted octanol–water partition coefficient (Wildman–Crippen LogP) is 3.36. The van der Waals surface area contributed by atoms with Crippen molar-refractivity contribution in [2.75, 3.05) is 0 Å². The van der Waals surface area contributed by atoms with Crippen LogP contribution in [0.5, 0.6) is 0 Å². The molecular weight excluding hydrogens is 362 g/mol. The van der Waals surface area contributed by atoms with E-state index in [0.717, 1.165) is 34.4 Å². The first-order valence-electron chi connectivity index (χ1n) is 8.71. The number of nitrogens with one attached hydrogen (secondary N) is 1. The largest absolute Gasteiger partial charge is 0.368 e. The number of halogens is 2. The van der Waals surface area contributed by atoms with E-state index in [1.807, 2.05) is 48.5 Å². The van der Waals surface area contributed by atoms with Crippen LogP contribution in [-0.4, -0.2) is 17.9 Å². The predicted molar refractivity (Wildman–Crippen MR) is 101 cm³/mol. The lowest BCUT2D eigenvalue weighted by Crippen LogP contribution is -2.48. The highest BCUT2D eigenvalue weighted by atomic mass is 19.2. The highest BCUT2D eigenvalue weighted by molar-refractivity contribution is 5.98. The summed E-state index contributed by atoms with van der Waals surface area (Å²) in [6, 6.07) is 17.2. The van der Waals surface area contributed by atoms with Crippen LogP contribution in [0.1, 0.15) is 27.4 Å². The molecule has 0 aliphatic heterocycles. The van der Waals surface area contributed by atoms with Crippen molar-refractivity contribution < 1.29 is 18.4 Å². The van der Waals surface area contributed by atoms with Crippen molar-refractivity contribution in [1.82, 2.24) is 5.32 Å². The Bertz CT molecular complexity index is 1050. The monoisotopic (exact) mass is 378 g/mol. The molecule has 3 N–H and O–H groups in total. The van der Waals surface area contributed by atoms with Crippen LogP contribution in [0, 0.1) is 11.6 Å². The normalized spacial score (nSPS) is 13.5. The standard InChI is InChI=1S/C22H16F2N2O2/c23-17-11-5-10-16(19(17)24)22(28)26-20(21(25)27)18-14-8-3-1-6-12(14)13-7-2-4-9-15(13)18/h1-11,18,20H,(H2,25,27)(H,26,28)/t20-/m0/s1. The number of carbonyl (C=O) groups is 2. The van der Waals surface area contributed by atoms with Crippen LogP contribution < -0.4 is 11.1 Å². The maximum Gasteiger partial charge on any atom is 0.255 e. The number of hydrogen-bond donors (Lipinski definition) is 2. The highest BCUT2D eigenvalue weighted by Crippen LogP contribution is 2.46. The average Bonchev–Trinajstić information content (AvgIpc) is 3.02. The van der Waals surface area contributed by atoms with Gasteiger partial charge in [0.1, 0.15) is 6.04 Å². The molecule has 0 radical (unpaired) electrons. The number of carbonyl (C=O) groups excluding carboxylic acids is 2. The van der Waals surface area contributed by atoms with Gasteiger partial charge in [0.15, 0.2) is 11.6 Å². The van der Waals surface area contributed by atoms with Gasteiger partial charge < -0.3 is 11.1 Å². The van der Waals surface area contributed by atoms with Crippen molar-refractivity contribution in [2.45, 2.75) is 12.0 Å². The third-order valence-electron chi connectivity index (χ3n) is 5.00. The van der Waals surface area contributed by atoms with Gasteiger partial charge in [-0.25, -0.2) is 8.78 Å². The molecule has 0 heterocycles. The molecule has 0 saturated heterocycles. The van der Waals surface area contributed by atoms with Gasteiger partial charge in [-0.05, 0) is 34.4 Å². The molecule has 1 aliphatic carbocycles. The van der Waals surface area contributed by atoms with E-state index < -0.39 is 41.0 Å². The fourth-order valence-electron chi connectivity index (χ4n) is 3.77. The second-order valence-electron chi connectivity index (χ2n) is 6.61. The Labute approximate surface area is 160 Å². The molecule has 0 fully saturated rings. The van der Waals surface area contributed by atoms with Crippen LogP contribution in [-0.2, 0) is 4.79 Å². The van der Waals surface area contributed by atoms with Gasteiger partial charge in [0, 0.05) is 5.92 Å². The van der Waals surface area contributed by atoms with E-state index in [-0.39, 0.29) is 0 Å². The zero-order valence-corrected chi connectivity index (χ0v) is 14.7. The first kappa shape index (κ1) is 17.9. The summed E-state index contributed by atoms with van der Waals surface area (Å²) in [4.78, 5) is 24.9. The SMILES string of the molecule is NC(=O)[C@@H](NC(=O)c1cccc(F)c1F)C1c2ccccc2-c2ccccc21. The van der Waals surface area contributed by atoms with Gasteiger partial charge in [-0.2, -0.15) is 0 Å². The Hall–Kier alpha value is -3.54. The van der Waals surface area contributed by atoms with E-state index in [1.165, 1.54) is 6.07 Å². The molecule has 6 heteroatoms. The van der Waals surface area contributed by atoms with Crippen molar-refractivity contribution in [2.24, 2.45) is 5.73 Å². The number of nitrogens with two attached hydrogens (primary N) is 1. The Kier molecular flexibility index (Phi) is 4.39. The average molecular weight is 378 g/mol. The Morgan fingerprint density at radius 1 is 0.857 bits per heavy atom. The third kappa shape index (κ3) is 2.83. The summed E-state index contributed by atoms with van der Waals surface area (Å²) in [5.74, 6) is -4.59. The van der Waals surface area contributed by atoms with Gasteiger partial charge in [-0.3, -0.25) is 9.59 Å². The molecular formula is C22H16F2N2O2. The van der Waals surface area contributed by atoms with Crippen LogP contribution in [0.25, 0.3) is 11.1 Å². The van der Waals surface area contributed by atoms with Crippen molar-refractivity contribution in [3.63, 3.8) is 0 Å². The van der Waals surface area contributed by atoms with Gasteiger partial charge in [0.2, 0.25) is 5.91 Å². The van der Waals surface area contributed by atoms with Gasteiger partial charge in [-0.1, -0.05) is 54.6 Å². The van der Waals surface area contributed by atoms with Crippen LogP contribution in [0.3, 0.4) is 0 Å². The number of amides is 2. The van der Waals surface area contributed by atoms with Crippen LogP contribution >= 0.6 is 0 Å². The molecule has 2 amide bonds. The third-order valence-corrected chi connectivity index (χ3v) is 5.00. The van der Waals surface area contributed by atoms with Gasteiger partial charge in [0.05, 0.1) is 5.56 Å². The second kappa shape index (κ2) is 6.88. The number of benzene rings is 3. The second-order valence-corrected chi connectivity index (χ2v) is 6.61. The number of hydrogen-bond acceptors (Lipinski definition) is 2. The molecule has 0 saturated carbocycles. The van der Waals surface area contributed by atoms with Gasteiger partial charge in [0.25, 0.3) is 5.91 Å². The first-order valence-corrected chi connectivity index (χ1v) is 8.71. The van der Waals surface area contributed by atoms with Crippen molar-refractivity contribution in [3.8, 4) is 11.1 Å². The van der Waals surface area contributed by atoms with E-state index in [1.54, 1.807) is 0 Å². The van der Waals surface area contributed by atoms with E-state index in [0.29, 0.717) is 0 Å². The number of primary amides is 1. The maximum atomic E-state index is 14.0. The van der Waals surface area contributed by atoms with Gasteiger partial charge in [-0.15, -0.1) is 0 Å². The van der Waals surface area contributed by atoms with Crippen LogP contribution in [0.2, 0.25) is 0 Å². The van der Waals surface area contributed by atoms with E-state index >= 15 is 0 Å². The van der Waals surface area contributed by atoms with E-state index in [4.69, 9.17) is 5.73 Å². The molecule has 3 aromatic carbocycles. The molecule has 4 nitrogen and oxygen atoms in total. The molecule has 1 atom stereocenters. The molecule has 0 bridgehead atoms. The molecule has 1 aliphatic rings. The summed E-state index contributed by atoms with van der Waals surface area (Å²) < 4.78 is 27.5. The van der Waals surface area contributed by atoms with Crippen molar-refractivity contribution in [3.05, 3.63) is 95.1 Å². The van der Waals surface area contributed by atoms with Crippen molar-refractivity contribution >= 4 is 11.8 Å². The van der Waals surface area contributed by atoms with Crippen molar-refractivity contribution in [1.29, 1.82) is 0 Å². The minimum atomic E-state index is -1.27. The molecule has 0 aromatic heterocycles. The lowest BCUT2D eigenvalue weighted by atomic mass is 9.88. The summed E-state index contributed by atoms with van der Waals surface area (Å²) in [5.41, 5.74) is 8.69. The summed E-state index contributed by atoms with van der Waals surface area (Å²) in [6.07, 6.45) is 0. The lowest BCUT2D eigenvalue weighted by Gasteiger charge is -2.24. The summed E-state index contributed by atoms with van der Waals surface area (Å²) in [7, 11) is 0. The first-order chi connectivity index (χ1) is 13.5. The molecule has 28 heavy (non-hydrogen) atoms. The Morgan fingerprint density at radius 2 is 1.43 bits per heavy atom. The maximum absolute atomic E-state index is 14.0. The Morgan fingerprint density at radius 3 is 2.00 bits per heavy atom. The van der Waals surface area contributed by atoms with Crippen LogP contribution in [0.15, 0.2) is 66.7 Å². The van der Waals surface area contributed by atoms with E-state index in [2.05, 4.69) is 5.32 Å². The summed E-state index contributed by atoms with van der Waals surface area (Å²) in [5, 5.41) is 2.50. The minimum absolute atomic E-state index is 0.481. The molecule has 140 valence electrons. The summed E-state index contributed by atoms with van der Waals surface area (Å²) in [6.45, 7) is 0. The fourth-order valence-corrected chi connectivity index (χ4v) is 3.77. The molecule has 3 aromatic rings. The summed E-state index contributed by atoms with van der Waals surface area (Å²) >= 11 is 0. The highest BCUT2D eigenvalue weighted by Gasteiger charge is 2.38. The van der Waals surface area contributed by atoms with Crippen LogP contribution in [0.4, 0.5) is 8.78 Å². The Balaban J connectivity index is 1.76. The van der Waals surface area contributed by atoms with E-state index in [9.17, 15) is 18.4 Å². The zero-order valence-electron chi connectivity index (χ0n) is 14.7. The quantitative estimate of drug-likeness (QED) is 0.731. The smallest absolute Gasteiger partial charge is 0.255 e. The molecule has 0 spiro atoms. The fraction of sp³-hybridized carbons (Fsp3) is 0.0909. The van der Waals surface area contributed by atoms with Gasteiger partial charge >= 0.3 is 0 Å². The zero-order chi connectivity index (χ0) is 19.8. The topological polar surface area (TPSA) is 72.2 Å². The number of fused-ring (bicyclic) bond motifs is 3. The molecule has 0 unspecified atom stereocenters.